The van der Waals surface area contributed by atoms with Crippen LogP contribution < -0.4 is 10.5 Å². The molecule has 19 heavy (non-hydrogen) atoms. The van der Waals surface area contributed by atoms with Crippen LogP contribution in [0.15, 0.2) is 22.7 Å². The van der Waals surface area contributed by atoms with Crippen LogP contribution in [0.4, 0.5) is 0 Å². The highest BCUT2D eigenvalue weighted by atomic mass is 79.9. The fourth-order valence-electron chi connectivity index (χ4n) is 1.96. The van der Waals surface area contributed by atoms with Gasteiger partial charge in [-0.15, -0.1) is 0 Å². The molecule has 1 aromatic carbocycles. The molecule has 2 aromatic rings. The normalized spacial score (nSPS) is 12.4. The molecule has 5 heteroatoms. The van der Waals surface area contributed by atoms with Crippen LogP contribution >= 0.6 is 15.9 Å². The van der Waals surface area contributed by atoms with E-state index in [0.29, 0.717) is 5.75 Å². The van der Waals surface area contributed by atoms with Crippen LogP contribution in [-0.2, 0) is 4.79 Å². The molecular formula is C14H15BrN2O2. The van der Waals surface area contributed by atoms with Gasteiger partial charge in [-0.3, -0.25) is 9.78 Å². The van der Waals surface area contributed by atoms with E-state index in [0.717, 1.165) is 26.6 Å². The summed E-state index contributed by atoms with van der Waals surface area (Å²) < 4.78 is 6.35. The molecule has 0 bridgehead atoms. The monoisotopic (exact) mass is 322 g/mol. The van der Waals surface area contributed by atoms with Crippen molar-refractivity contribution in [3.63, 3.8) is 0 Å². The third-order valence-electron chi connectivity index (χ3n) is 2.91. The average Bonchev–Trinajstić information content (AvgIpc) is 2.31. The fourth-order valence-corrected chi connectivity index (χ4v) is 2.70. The van der Waals surface area contributed by atoms with Crippen LogP contribution in [0.1, 0.15) is 18.2 Å². The van der Waals surface area contributed by atoms with E-state index in [1.807, 2.05) is 26.0 Å². The highest BCUT2D eigenvalue weighted by molar-refractivity contribution is 9.10. The minimum atomic E-state index is -0.674. The smallest absolute Gasteiger partial charge is 0.258 e. The largest absolute Gasteiger partial charge is 0.480 e. The number of hydrogen-bond acceptors (Lipinski definition) is 3. The number of pyridine rings is 1. The Morgan fingerprint density at radius 3 is 2.74 bits per heavy atom. The molecule has 1 atom stereocenters. The number of rotatable bonds is 3. The van der Waals surface area contributed by atoms with Gasteiger partial charge in [-0.2, -0.15) is 0 Å². The van der Waals surface area contributed by atoms with E-state index in [-0.39, 0.29) is 0 Å². The van der Waals surface area contributed by atoms with Crippen molar-refractivity contribution >= 4 is 32.7 Å². The lowest BCUT2D eigenvalue weighted by Crippen LogP contribution is -2.30. The number of benzene rings is 1. The summed E-state index contributed by atoms with van der Waals surface area (Å²) >= 11 is 3.52. The summed E-state index contributed by atoms with van der Waals surface area (Å²) in [5.74, 6) is 0.0957. The van der Waals surface area contributed by atoms with Gasteiger partial charge in [0.05, 0.1) is 9.99 Å². The number of aryl methyl sites for hydroxylation is 2. The molecule has 100 valence electrons. The van der Waals surface area contributed by atoms with Gasteiger partial charge in [0.25, 0.3) is 5.91 Å². The van der Waals surface area contributed by atoms with Gasteiger partial charge in [0.15, 0.2) is 6.10 Å². The van der Waals surface area contributed by atoms with Crippen LogP contribution in [0.2, 0.25) is 0 Å². The third kappa shape index (κ3) is 2.71. The summed E-state index contributed by atoms with van der Waals surface area (Å²) in [5.41, 5.74) is 8.17. The van der Waals surface area contributed by atoms with E-state index >= 15 is 0 Å². The van der Waals surface area contributed by atoms with E-state index in [9.17, 15) is 4.79 Å². The highest BCUT2D eigenvalue weighted by Crippen LogP contribution is 2.35. The molecule has 0 aliphatic carbocycles. The van der Waals surface area contributed by atoms with Crippen molar-refractivity contribution in [3.8, 4) is 5.75 Å². The van der Waals surface area contributed by atoms with Crippen molar-refractivity contribution < 1.29 is 9.53 Å². The summed E-state index contributed by atoms with van der Waals surface area (Å²) in [6.45, 7) is 5.60. The number of nitrogens with two attached hydrogens (primary N) is 1. The third-order valence-corrected chi connectivity index (χ3v) is 3.69. The Kier molecular flexibility index (Phi) is 3.75. The van der Waals surface area contributed by atoms with Crippen LogP contribution in [-0.4, -0.2) is 17.0 Å². The molecule has 1 unspecified atom stereocenters. The van der Waals surface area contributed by atoms with Gasteiger partial charge in [0, 0.05) is 11.1 Å². The van der Waals surface area contributed by atoms with Crippen LogP contribution in [0.5, 0.6) is 5.75 Å². The van der Waals surface area contributed by atoms with E-state index in [1.54, 1.807) is 13.0 Å². The van der Waals surface area contributed by atoms with Crippen LogP contribution in [0.25, 0.3) is 10.9 Å². The van der Waals surface area contributed by atoms with Gasteiger partial charge in [-0.25, -0.2) is 0 Å². The quantitative estimate of drug-likeness (QED) is 0.944. The first-order chi connectivity index (χ1) is 8.90. The van der Waals surface area contributed by atoms with Crippen molar-refractivity contribution in [2.45, 2.75) is 26.9 Å². The van der Waals surface area contributed by atoms with E-state index in [1.165, 1.54) is 0 Å². The molecule has 0 aliphatic heterocycles. The first kappa shape index (κ1) is 13.8. The summed E-state index contributed by atoms with van der Waals surface area (Å²) in [7, 11) is 0. The second-order valence-electron chi connectivity index (χ2n) is 4.51. The number of aromatic nitrogens is 1. The van der Waals surface area contributed by atoms with Gasteiger partial charge in [0.2, 0.25) is 0 Å². The predicted octanol–water partition coefficient (Wildman–Crippen LogP) is 2.87. The zero-order valence-corrected chi connectivity index (χ0v) is 12.6. The van der Waals surface area contributed by atoms with Gasteiger partial charge in [0.1, 0.15) is 5.75 Å². The Balaban J connectivity index is 2.54. The molecule has 0 spiro atoms. The second-order valence-corrected chi connectivity index (χ2v) is 5.31. The number of carbonyl (C=O) groups is 1. The van der Waals surface area contributed by atoms with Crippen molar-refractivity contribution in [2.24, 2.45) is 5.73 Å². The zero-order chi connectivity index (χ0) is 14.2. The highest BCUT2D eigenvalue weighted by Gasteiger charge is 2.15. The maximum absolute atomic E-state index is 11.1. The molecule has 2 rings (SSSR count). The first-order valence-corrected chi connectivity index (χ1v) is 6.72. The Morgan fingerprint density at radius 1 is 1.42 bits per heavy atom. The molecule has 2 N–H and O–H groups in total. The lowest BCUT2D eigenvalue weighted by atomic mass is 10.1. The number of hydrogen-bond donors (Lipinski definition) is 1. The van der Waals surface area contributed by atoms with Crippen molar-refractivity contribution in [3.05, 3.63) is 33.9 Å². The van der Waals surface area contributed by atoms with E-state index < -0.39 is 12.0 Å². The molecule has 1 aromatic heterocycles. The molecule has 0 aliphatic rings. The molecule has 0 fully saturated rings. The molecule has 1 amide bonds. The Hall–Kier alpha value is -1.62. The fraction of sp³-hybridized carbons (Fsp3) is 0.286. The second kappa shape index (κ2) is 5.17. The summed E-state index contributed by atoms with van der Waals surface area (Å²) in [5, 5.41) is 0.986. The standard InChI is InChI=1S/C14H15BrN2O2/c1-7-6-8(2)17-10-4-5-11(13(15)12(7)10)19-9(3)14(16)18/h4-6,9H,1-3H3,(H2,16,18). The number of carbonyl (C=O) groups excluding carboxylic acids is 1. The Labute approximate surface area is 120 Å². The summed E-state index contributed by atoms with van der Waals surface area (Å²) in [4.78, 5) is 15.5. The Bertz CT molecular complexity index is 655. The van der Waals surface area contributed by atoms with Gasteiger partial charge < -0.3 is 10.5 Å². The Morgan fingerprint density at radius 2 is 2.11 bits per heavy atom. The molecule has 4 nitrogen and oxygen atoms in total. The van der Waals surface area contributed by atoms with Gasteiger partial charge in [-0.05, 0) is 60.5 Å². The number of nitrogens with zero attached hydrogens (tertiary/aromatic N) is 1. The van der Waals surface area contributed by atoms with E-state index in [4.69, 9.17) is 10.5 Å². The average molecular weight is 323 g/mol. The molecular weight excluding hydrogens is 308 g/mol. The molecule has 0 saturated heterocycles. The SMILES string of the molecule is Cc1cc(C)c2c(Br)c(OC(C)C(N)=O)ccc2n1. The minimum absolute atomic E-state index is 0.495. The van der Waals surface area contributed by atoms with Crippen LogP contribution in [0, 0.1) is 13.8 Å². The first-order valence-electron chi connectivity index (χ1n) is 5.92. The predicted molar refractivity (Wildman–Crippen MR) is 78.2 cm³/mol. The number of ether oxygens (including phenoxy) is 1. The van der Waals surface area contributed by atoms with Gasteiger partial charge >= 0.3 is 0 Å². The van der Waals surface area contributed by atoms with E-state index in [2.05, 4.69) is 20.9 Å². The maximum Gasteiger partial charge on any atom is 0.258 e. The lowest BCUT2D eigenvalue weighted by Gasteiger charge is -2.15. The lowest BCUT2D eigenvalue weighted by molar-refractivity contribution is -0.123. The topological polar surface area (TPSA) is 65.2 Å². The molecule has 0 saturated carbocycles. The minimum Gasteiger partial charge on any atom is -0.480 e. The van der Waals surface area contributed by atoms with Crippen LogP contribution in [0.3, 0.4) is 0 Å². The zero-order valence-electron chi connectivity index (χ0n) is 11.0. The van der Waals surface area contributed by atoms with Crippen molar-refractivity contribution in [1.29, 1.82) is 0 Å². The molecule has 1 heterocycles. The van der Waals surface area contributed by atoms with Crippen molar-refractivity contribution in [2.75, 3.05) is 0 Å². The number of amides is 1. The van der Waals surface area contributed by atoms with Gasteiger partial charge in [-0.1, -0.05) is 0 Å². The summed E-state index contributed by atoms with van der Waals surface area (Å²) in [6.07, 6.45) is -0.674. The molecule has 0 radical (unpaired) electrons. The maximum atomic E-state index is 11.1. The summed E-state index contributed by atoms with van der Waals surface area (Å²) in [6, 6.07) is 5.68. The number of halogens is 1. The number of primary amides is 1. The van der Waals surface area contributed by atoms with Crippen molar-refractivity contribution in [1.82, 2.24) is 4.98 Å². The number of fused-ring (bicyclic) bond motifs is 1.